The summed E-state index contributed by atoms with van der Waals surface area (Å²) < 4.78 is 0. The Bertz CT molecular complexity index is 65.3. The molecule has 0 aromatic rings. The quantitative estimate of drug-likeness (QED) is 0.664. The molecule has 1 saturated carbocycles. The highest BCUT2D eigenvalue weighted by Crippen LogP contribution is 2.29. The summed E-state index contributed by atoms with van der Waals surface area (Å²) in [5.74, 6) is 1.13. The van der Waals surface area contributed by atoms with Crippen LogP contribution in [0, 0.1) is 5.92 Å². The standard InChI is InChI=1S/C7H14.C3H9N/c1-2-4-7-5-3-6-7;1-3-4-2/h7H,2-6H2,1H3;4H,3H2,1-2H3. The summed E-state index contributed by atoms with van der Waals surface area (Å²) in [6.07, 6.45) is 7.43. The van der Waals surface area contributed by atoms with Gasteiger partial charge in [-0.05, 0) is 19.5 Å². The van der Waals surface area contributed by atoms with Gasteiger partial charge in [0.25, 0.3) is 0 Å². The van der Waals surface area contributed by atoms with Crippen molar-refractivity contribution in [2.75, 3.05) is 13.6 Å². The van der Waals surface area contributed by atoms with Crippen LogP contribution in [0.5, 0.6) is 0 Å². The normalized spacial score (nSPS) is 16.6. The van der Waals surface area contributed by atoms with Crippen molar-refractivity contribution in [1.29, 1.82) is 0 Å². The number of rotatable bonds is 3. The summed E-state index contributed by atoms with van der Waals surface area (Å²) in [7, 11) is 1.93. The zero-order valence-electron chi connectivity index (χ0n) is 8.32. The third-order valence-electron chi connectivity index (χ3n) is 2.28. The molecule has 0 atom stereocenters. The minimum atomic E-state index is 1.07. The molecular weight excluding hydrogens is 134 g/mol. The molecule has 0 bridgehead atoms. The molecule has 0 radical (unpaired) electrons. The van der Waals surface area contributed by atoms with Gasteiger partial charge in [-0.15, -0.1) is 0 Å². The van der Waals surface area contributed by atoms with E-state index >= 15 is 0 Å². The van der Waals surface area contributed by atoms with Crippen LogP contribution in [0.25, 0.3) is 0 Å². The number of hydrogen-bond donors (Lipinski definition) is 1. The third-order valence-corrected chi connectivity index (χ3v) is 2.28. The van der Waals surface area contributed by atoms with Gasteiger partial charge in [-0.2, -0.15) is 0 Å². The Kier molecular flexibility index (Phi) is 8.03. The van der Waals surface area contributed by atoms with E-state index in [2.05, 4.69) is 19.2 Å². The summed E-state index contributed by atoms with van der Waals surface area (Å²) in [5.41, 5.74) is 0. The van der Waals surface area contributed by atoms with E-state index in [4.69, 9.17) is 0 Å². The van der Waals surface area contributed by atoms with Crippen molar-refractivity contribution in [2.24, 2.45) is 5.92 Å². The third kappa shape index (κ3) is 6.36. The largest absolute Gasteiger partial charge is 0.320 e. The van der Waals surface area contributed by atoms with E-state index < -0.39 is 0 Å². The topological polar surface area (TPSA) is 12.0 Å². The zero-order chi connectivity index (χ0) is 8.53. The maximum Gasteiger partial charge on any atom is -0.00804 e. The molecule has 68 valence electrons. The highest BCUT2D eigenvalue weighted by molar-refractivity contribution is 4.67. The Morgan fingerprint density at radius 2 is 1.82 bits per heavy atom. The first-order valence-corrected chi connectivity index (χ1v) is 4.99. The summed E-state index contributed by atoms with van der Waals surface area (Å²) in [4.78, 5) is 0. The van der Waals surface area contributed by atoms with Crippen LogP contribution >= 0.6 is 0 Å². The van der Waals surface area contributed by atoms with Crippen molar-refractivity contribution >= 4 is 0 Å². The highest BCUT2D eigenvalue weighted by Gasteiger charge is 2.14. The predicted octanol–water partition coefficient (Wildman–Crippen LogP) is 2.81. The predicted molar refractivity (Wildman–Crippen MR) is 51.8 cm³/mol. The van der Waals surface area contributed by atoms with E-state index in [9.17, 15) is 0 Å². The molecule has 0 unspecified atom stereocenters. The smallest absolute Gasteiger partial charge is 0.00804 e. The van der Waals surface area contributed by atoms with Gasteiger partial charge in [0.05, 0.1) is 0 Å². The van der Waals surface area contributed by atoms with E-state index in [0.29, 0.717) is 0 Å². The lowest BCUT2D eigenvalue weighted by Gasteiger charge is -2.24. The molecule has 0 aliphatic heterocycles. The molecule has 0 heterocycles. The second-order valence-electron chi connectivity index (χ2n) is 3.29. The second-order valence-corrected chi connectivity index (χ2v) is 3.29. The van der Waals surface area contributed by atoms with Gasteiger partial charge in [0.1, 0.15) is 0 Å². The van der Waals surface area contributed by atoms with E-state index in [0.717, 1.165) is 12.5 Å². The molecular formula is C10H23N. The minimum absolute atomic E-state index is 1.07. The Balaban J connectivity index is 0.000000218. The van der Waals surface area contributed by atoms with Gasteiger partial charge in [0, 0.05) is 0 Å². The van der Waals surface area contributed by atoms with Crippen molar-refractivity contribution < 1.29 is 0 Å². The van der Waals surface area contributed by atoms with Crippen LogP contribution in [0.4, 0.5) is 0 Å². The van der Waals surface area contributed by atoms with Crippen molar-refractivity contribution in [2.45, 2.75) is 46.0 Å². The van der Waals surface area contributed by atoms with Crippen molar-refractivity contribution in [3.63, 3.8) is 0 Å². The summed E-state index contributed by atoms with van der Waals surface area (Å²) in [5, 5.41) is 2.93. The molecule has 0 aromatic heterocycles. The maximum atomic E-state index is 2.93. The first-order valence-electron chi connectivity index (χ1n) is 4.99. The monoisotopic (exact) mass is 157 g/mol. The SMILES string of the molecule is CCCC1CCC1.CCNC. The summed E-state index contributed by atoms with van der Waals surface area (Å²) in [6.45, 7) is 5.42. The molecule has 0 saturated heterocycles. The Hall–Kier alpha value is -0.0400. The first-order chi connectivity index (χ1) is 5.35. The van der Waals surface area contributed by atoms with Crippen molar-refractivity contribution in [3.05, 3.63) is 0 Å². The van der Waals surface area contributed by atoms with Gasteiger partial charge in [-0.3, -0.25) is 0 Å². The average molecular weight is 157 g/mol. The molecule has 1 aliphatic carbocycles. The fourth-order valence-electron chi connectivity index (χ4n) is 1.19. The second kappa shape index (κ2) is 8.06. The van der Waals surface area contributed by atoms with Crippen molar-refractivity contribution in [1.82, 2.24) is 5.32 Å². The average Bonchev–Trinajstić information content (AvgIpc) is 1.97. The van der Waals surface area contributed by atoms with Gasteiger partial charge in [0.15, 0.2) is 0 Å². The lowest BCUT2D eigenvalue weighted by Crippen LogP contribution is -2.09. The van der Waals surface area contributed by atoms with Crippen molar-refractivity contribution in [3.8, 4) is 0 Å². The van der Waals surface area contributed by atoms with Gasteiger partial charge < -0.3 is 5.32 Å². The highest BCUT2D eigenvalue weighted by atomic mass is 14.8. The molecule has 1 nitrogen and oxygen atoms in total. The van der Waals surface area contributed by atoms with Gasteiger partial charge in [-0.1, -0.05) is 46.0 Å². The fourth-order valence-corrected chi connectivity index (χ4v) is 1.19. The first kappa shape index (κ1) is 11.0. The molecule has 1 fully saturated rings. The van der Waals surface area contributed by atoms with Crippen LogP contribution in [-0.4, -0.2) is 13.6 Å². The van der Waals surface area contributed by atoms with Gasteiger partial charge in [-0.25, -0.2) is 0 Å². The van der Waals surface area contributed by atoms with E-state index in [1.54, 1.807) is 0 Å². The lowest BCUT2D eigenvalue weighted by molar-refractivity contribution is 0.294. The molecule has 0 amide bonds. The maximum absolute atomic E-state index is 2.93. The Labute approximate surface area is 71.6 Å². The number of nitrogens with one attached hydrogen (secondary N) is 1. The van der Waals surface area contributed by atoms with Gasteiger partial charge >= 0.3 is 0 Å². The molecule has 1 heteroatoms. The molecule has 1 N–H and O–H groups in total. The number of hydrogen-bond acceptors (Lipinski definition) is 1. The van der Waals surface area contributed by atoms with Crippen LogP contribution < -0.4 is 5.32 Å². The zero-order valence-corrected chi connectivity index (χ0v) is 8.32. The Morgan fingerprint density at radius 3 is 1.91 bits per heavy atom. The fraction of sp³-hybridized carbons (Fsp3) is 1.00. The molecule has 11 heavy (non-hydrogen) atoms. The molecule has 0 aromatic carbocycles. The van der Waals surface area contributed by atoms with Crippen LogP contribution in [0.15, 0.2) is 0 Å². The van der Waals surface area contributed by atoms with E-state index in [1.807, 2.05) is 7.05 Å². The van der Waals surface area contributed by atoms with Crippen LogP contribution in [0.2, 0.25) is 0 Å². The molecule has 1 rings (SSSR count). The van der Waals surface area contributed by atoms with Crippen LogP contribution in [0.3, 0.4) is 0 Å². The lowest BCUT2D eigenvalue weighted by atomic mass is 9.82. The summed E-state index contributed by atoms with van der Waals surface area (Å²) in [6, 6.07) is 0. The van der Waals surface area contributed by atoms with Gasteiger partial charge in [0.2, 0.25) is 0 Å². The summed E-state index contributed by atoms with van der Waals surface area (Å²) >= 11 is 0. The van der Waals surface area contributed by atoms with E-state index in [-0.39, 0.29) is 0 Å². The van der Waals surface area contributed by atoms with Crippen LogP contribution in [-0.2, 0) is 0 Å². The van der Waals surface area contributed by atoms with E-state index in [1.165, 1.54) is 32.1 Å². The van der Waals surface area contributed by atoms with Crippen LogP contribution in [0.1, 0.15) is 46.0 Å². The molecule has 1 aliphatic rings. The molecule has 0 spiro atoms. The minimum Gasteiger partial charge on any atom is -0.320 e. The Morgan fingerprint density at radius 1 is 1.27 bits per heavy atom.